The summed E-state index contributed by atoms with van der Waals surface area (Å²) in [6.07, 6.45) is 5.49. The molecule has 0 saturated carbocycles. The second kappa shape index (κ2) is 5.71. The molecule has 1 saturated heterocycles. The Labute approximate surface area is 122 Å². The fraction of sp³-hybridized carbons (Fsp3) is 0.400. The highest BCUT2D eigenvalue weighted by molar-refractivity contribution is 7.09. The van der Waals surface area contributed by atoms with Gasteiger partial charge in [-0.2, -0.15) is 0 Å². The molecule has 104 valence electrons. The monoisotopic (exact) mass is 287 g/mol. The molecule has 1 aliphatic heterocycles. The molecule has 2 aromatic heterocycles. The van der Waals surface area contributed by atoms with Gasteiger partial charge in [0.1, 0.15) is 0 Å². The quantitative estimate of drug-likeness (QED) is 0.853. The molecule has 3 rings (SSSR count). The second-order valence-electron chi connectivity index (χ2n) is 5.15. The maximum absolute atomic E-state index is 12.5. The standard InChI is InChI=1S/C15H17N3OS/c1-11-10-20-14(17-11)13-3-2-8-18(9-13)15(19)12-4-6-16-7-5-12/h4-7,10,13H,2-3,8-9H2,1H3. The summed E-state index contributed by atoms with van der Waals surface area (Å²) in [6.45, 7) is 3.62. The van der Waals surface area contributed by atoms with Gasteiger partial charge in [-0.15, -0.1) is 11.3 Å². The van der Waals surface area contributed by atoms with Crippen LogP contribution < -0.4 is 0 Å². The van der Waals surface area contributed by atoms with Gasteiger partial charge < -0.3 is 4.90 Å². The van der Waals surface area contributed by atoms with Crippen molar-refractivity contribution in [3.05, 3.63) is 46.2 Å². The number of carbonyl (C=O) groups is 1. The number of aromatic nitrogens is 2. The molecule has 3 heterocycles. The molecular weight excluding hydrogens is 270 g/mol. The third-order valence-electron chi connectivity index (χ3n) is 3.62. The van der Waals surface area contributed by atoms with E-state index >= 15 is 0 Å². The Bertz CT molecular complexity index is 596. The van der Waals surface area contributed by atoms with E-state index in [0.29, 0.717) is 5.92 Å². The van der Waals surface area contributed by atoms with Gasteiger partial charge >= 0.3 is 0 Å². The summed E-state index contributed by atoms with van der Waals surface area (Å²) in [7, 11) is 0. The van der Waals surface area contributed by atoms with Crippen molar-refractivity contribution in [3.8, 4) is 0 Å². The molecule has 0 bridgehead atoms. The van der Waals surface area contributed by atoms with E-state index in [9.17, 15) is 4.79 Å². The van der Waals surface area contributed by atoms with Crippen molar-refractivity contribution < 1.29 is 4.79 Å². The zero-order valence-electron chi connectivity index (χ0n) is 11.5. The molecule has 1 fully saturated rings. The van der Waals surface area contributed by atoms with Gasteiger partial charge in [0.15, 0.2) is 0 Å². The Balaban J connectivity index is 1.74. The highest BCUT2D eigenvalue weighted by Crippen LogP contribution is 2.29. The van der Waals surface area contributed by atoms with Gasteiger partial charge in [-0.05, 0) is 31.9 Å². The van der Waals surface area contributed by atoms with Gasteiger partial charge in [-0.1, -0.05) is 0 Å². The van der Waals surface area contributed by atoms with Gasteiger partial charge in [0.2, 0.25) is 0 Å². The van der Waals surface area contributed by atoms with Crippen molar-refractivity contribution in [2.45, 2.75) is 25.7 Å². The number of thiazole rings is 1. The molecular formula is C15H17N3OS. The van der Waals surface area contributed by atoms with Crippen molar-refractivity contribution >= 4 is 17.2 Å². The first-order chi connectivity index (χ1) is 9.74. The predicted octanol–water partition coefficient (Wildman–Crippen LogP) is 2.87. The molecule has 0 radical (unpaired) electrons. The molecule has 1 unspecified atom stereocenters. The number of rotatable bonds is 2. The minimum Gasteiger partial charge on any atom is -0.338 e. The number of pyridine rings is 1. The molecule has 0 aromatic carbocycles. The summed E-state index contributed by atoms with van der Waals surface area (Å²) in [5.41, 5.74) is 1.79. The molecule has 2 aromatic rings. The number of aryl methyl sites for hydroxylation is 1. The van der Waals surface area contributed by atoms with Crippen LogP contribution in [0.4, 0.5) is 0 Å². The lowest BCUT2D eigenvalue weighted by Gasteiger charge is -2.31. The van der Waals surface area contributed by atoms with Crippen molar-refractivity contribution in [2.24, 2.45) is 0 Å². The van der Waals surface area contributed by atoms with Gasteiger partial charge in [-0.3, -0.25) is 9.78 Å². The summed E-state index contributed by atoms with van der Waals surface area (Å²) < 4.78 is 0. The Morgan fingerprint density at radius 1 is 1.40 bits per heavy atom. The molecule has 4 nitrogen and oxygen atoms in total. The fourth-order valence-corrected chi connectivity index (χ4v) is 3.53. The van der Waals surface area contributed by atoms with Crippen molar-refractivity contribution in [1.29, 1.82) is 0 Å². The Morgan fingerprint density at radius 2 is 2.20 bits per heavy atom. The number of piperidine rings is 1. The highest BCUT2D eigenvalue weighted by Gasteiger charge is 2.26. The first-order valence-electron chi connectivity index (χ1n) is 6.85. The lowest BCUT2D eigenvalue weighted by molar-refractivity contribution is 0.0707. The van der Waals surface area contributed by atoms with E-state index in [1.807, 2.05) is 11.8 Å². The largest absolute Gasteiger partial charge is 0.338 e. The van der Waals surface area contributed by atoms with E-state index in [4.69, 9.17) is 0 Å². The van der Waals surface area contributed by atoms with E-state index in [-0.39, 0.29) is 5.91 Å². The minimum absolute atomic E-state index is 0.102. The lowest BCUT2D eigenvalue weighted by Crippen LogP contribution is -2.39. The molecule has 0 spiro atoms. The minimum atomic E-state index is 0.102. The van der Waals surface area contributed by atoms with Crippen molar-refractivity contribution in [1.82, 2.24) is 14.9 Å². The summed E-state index contributed by atoms with van der Waals surface area (Å²) in [6, 6.07) is 3.55. The van der Waals surface area contributed by atoms with Gasteiger partial charge in [0.05, 0.1) is 5.01 Å². The number of nitrogens with zero attached hydrogens (tertiary/aromatic N) is 3. The van der Waals surface area contributed by atoms with E-state index in [2.05, 4.69) is 15.3 Å². The zero-order valence-corrected chi connectivity index (χ0v) is 12.3. The SMILES string of the molecule is Cc1csc(C2CCCN(C(=O)c3ccncc3)C2)n1. The van der Waals surface area contributed by atoms with Crippen molar-refractivity contribution in [3.63, 3.8) is 0 Å². The van der Waals surface area contributed by atoms with Crippen LogP contribution in [0.5, 0.6) is 0 Å². The number of hydrogen-bond acceptors (Lipinski definition) is 4. The van der Waals surface area contributed by atoms with Crippen molar-refractivity contribution in [2.75, 3.05) is 13.1 Å². The molecule has 1 atom stereocenters. The smallest absolute Gasteiger partial charge is 0.253 e. The van der Waals surface area contributed by atoms with Crippen LogP contribution in [-0.4, -0.2) is 33.9 Å². The van der Waals surface area contributed by atoms with Crippen LogP contribution in [0.1, 0.15) is 39.8 Å². The molecule has 0 N–H and O–H groups in total. The number of likely N-dealkylation sites (tertiary alicyclic amines) is 1. The number of carbonyl (C=O) groups excluding carboxylic acids is 1. The molecule has 1 aliphatic rings. The van der Waals surface area contributed by atoms with E-state index < -0.39 is 0 Å². The van der Waals surface area contributed by atoms with Crippen LogP contribution >= 0.6 is 11.3 Å². The van der Waals surface area contributed by atoms with Crippen LogP contribution in [0.3, 0.4) is 0 Å². The van der Waals surface area contributed by atoms with Crippen LogP contribution in [0, 0.1) is 6.92 Å². The van der Waals surface area contributed by atoms with Crippen LogP contribution in [0.25, 0.3) is 0 Å². The third kappa shape index (κ3) is 2.72. The predicted molar refractivity (Wildman–Crippen MR) is 79.0 cm³/mol. The maximum atomic E-state index is 12.5. The van der Waals surface area contributed by atoms with Gasteiger partial charge in [0, 0.05) is 48.0 Å². The summed E-state index contributed by atoms with van der Waals surface area (Å²) >= 11 is 1.71. The second-order valence-corrected chi connectivity index (χ2v) is 6.04. The van der Waals surface area contributed by atoms with Crippen LogP contribution in [0.15, 0.2) is 29.9 Å². The topological polar surface area (TPSA) is 46.1 Å². The van der Waals surface area contributed by atoms with E-state index in [1.165, 1.54) is 0 Å². The molecule has 1 amide bonds. The summed E-state index contributed by atoms with van der Waals surface area (Å²) in [4.78, 5) is 22.9. The molecule has 20 heavy (non-hydrogen) atoms. The Morgan fingerprint density at radius 3 is 2.90 bits per heavy atom. The first-order valence-corrected chi connectivity index (χ1v) is 7.73. The zero-order chi connectivity index (χ0) is 13.9. The first kappa shape index (κ1) is 13.2. The Hall–Kier alpha value is -1.75. The van der Waals surface area contributed by atoms with Gasteiger partial charge in [-0.25, -0.2) is 4.98 Å². The lowest BCUT2D eigenvalue weighted by atomic mass is 9.98. The van der Waals surface area contributed by atoms with E-state index in [0.717, 1.165) is 42.2 Å². The van der Waals surface area contributed by atoms with Gasteiger partial charge in [0.25, 0.3) is 5.91 Å². The molecule has 5 heteroatoms. The third-order valence-corrected chi connectivity index (χ3v) is 4.75. The number of hydrogen-bond donors (Lipinski definition) is 0. The van der Waals surface area contributed by atoms with Crippen LogP contribution in [0.2, 0.25) is 0 Å². The fourth-order valence-electron chi connectivity index (χ4n) is 2.60. The maximum Gasteiger partial charge on any atom is 0.253 e. The van der Waals surface area contributed by atoms with Crippen LogP contribution in [-0.2, 0) is 0 Å². The summed E-state index contributed by atoms with van der Waals surface area (Å²) in [5, 5.41) is 3.24. The average molecular weight is 287 g/mol. The number of amides is 1. The average Bonchev–Trinajstić information content (AvgIpc) is 2.94. The summed E-state index contributed by atoms with van der Waals surface area (Å²) in [5.74, 6) is 0.485. The normalized spacial score (nSPS) is 19.1. The van der Waals surface area contributed by atoms with E-state index in [1.54, 1.807) is 35.9 Å². The molecule has 0 aliphatic carbocycles. The Kier molecular flexibility index (Phi) is 3.78. The highest BCUT2D eigenvalue weighted by atomic mass is 32.1.